The zero-order valence-corrected chi connectivity index (χ0v) is 29.1. The molecule has 0 unspecified atom stereocenters. The Hall–Kier alpha value is -5.17. The molecule has 1 aromatic heterocycles. The molecule has 2 heterocycles. The summed E-state index contributed by atoms with van der Waals surface area (Å²) in [5.41, 5.74) is 0.891. The van der Waals surface area contributed by atoms with Gasteiger partial charge in [-0.3, -0.25) is 24.2 Å². The topological polar surface area (TPSA) is 169 Å². The number of nitrogens with zero attached hydrogens (tertiary/aromatic N) is 3. The third-order valence-electron chi connectivity index (χ3n) is 8.41. The maximum atomic E-state index is 14.2. The highest BCUT2D eigenvalue weighted by molar-refractivity contribution is 5.98. The maximum absolute atomic E-state index is 14.2. The van der Waals surface area contributed by atoms with E-state index in [1.54, 1.807) is 34.6 Å². The average Bonchev–Trinajstić information content (AvgIpc) is 3.55. The molecule has 3 N–H and O–H groups in total. The van der Waals surface area contributed by atoms with E-state index in [0.29, 0.717) is 24.2 Å². The molecule has 1 aliphatic heterocycles. The van der Waals surface area contributed by atoms with Crippen molar-refractivity contribution in [2.24, 2.45) is 11.8 Å². The number of ether oxygens (including phenoxy) is 2. The van der Waals surface area contributed by atoms with Crippen LogP contribution in [0.1, 0.15) is 63.5 Å². The van der Waals surface area contributed by atoms with Gasteiger partial charge in [0.15, 0.2) is 0 Å². The van der Waals surface area contributed by atoms with Crippen LogP contribution in [0.5, 0.6) is 11.5 Å². The van der Waals surface area contributed by atoms with Crippen molar-refractivity contribution < 1.29 is 33.4 Å². The standard InChI is InChI=1S/C37H46N6O7/c1-6-26(21-44)40-35(46)31-18-29(49-22-25-11-10-14-28(17-25)50-27-12-8-7-9-13-27)20-43(31)37(48)33(24(4)5)42-36(47)32(23(2)3)41-34(45)30-19-38-15-16-39-30/h7-17,19,21,23-24,26,29,31-33H,6,18,20,22H2,1-5H3,(H,40,46)(H,41,45)(H,42,47)/t26-,29+,31-,32-,33-/m0/s1. The molecule has 0 spiro atoms. The first-order valence-electron chi connectivity index (χ1n) is 16.9. The fourth-order valence-corrected chi connectivity index (χ4v) is 5.56. The van der Waals surface area contributed by atoms with E-state index in [1.807, 2.05) is 54.6 Å². The Labute approximate surface area is 292 Å². The number of benzene rings is 2. The molecule has 0 saturated carbocycles. The third-order valence-corrected chi connectivity index (χ3v) is 8.41. The van der Waals surface area contributed by atoms with Gasteiger partial charge >= 0.3 is 0 Å². The van der Waals surface area contributed by atoms with Crippen LogP contribution in [-0.2, 0) is 30.5 Å². The number of nitrogens with one attached hydrogen (secondary N) is 3. The molecule has 13 heteroatoms. The summed E-state index contributed by atoms with van der Waals surface area (Å²) < 4.78 is 12.2. The zero-order valence-electron chi connectivity index (χ0n) is 29.1. The number of amides is 4. The summed E-state index contributed by atoms with van der Waals surface area (Å²) in [5.74, 6) is -1.44. The molecule has 0 aliphatic carbocycles. The number of rotatable bonds is 16. The van der Waals surface area contributed by atoms with Gasteiger partial charge in [-0.2, -0.15) is 0 Å². The number of aldehydes is 1. The second-order valence-electron chi connectivity index (χ2n) is 12.9. The number of aromatic nitrogens is 2. The van der Waals surface area contributed by atoms with Gasteiger partial charge in [-0.05, 0) is 48.1 Å². The zero-order chi connectivity index (χ0) is 36.2. The molecule has 13 nitrogen and oxygen atoms in total. The molecule has 4 rings (SSSR count). The van der Waals surface area contributed by atoms with Crippen molar-refractivity contribution in [3.05, 3.63) is 84.4 Å². The van der Waals surface area contributed by atoms with Gasteiger partial charge in [0.25, 0.3) is 5.91 Å². The Morgan fingerprint density at radius 2 is 1.64 bits per heavy atom. The normalized spacial score (nSPS) is 17.5. The van der Waals surface area contributed by atoms with Gasteiger partial charge in [-0.15, -0.1) is 0 Å². The highest BCUT2D eigenvalue weighted by atomic mass is 16.5. The molecular weight excluding hydrogens is 640 g/mol. The predicted octanol–water partition coefficient (Wildman–Crippen LogP) is 3.44. The van der Waals surface area contributed by atoms with Crippen LogP contribution >= 0.6 is 0 Å². The van der Waals surface area contributed by atoms with Crippen LogP contribution in [0.2, 0.25) is 0 Å². The first-order valence-corrected chi connectivity index (χ1v) is 16.9. The smallest absolute Gasteiger partial charge is 0.272 e. The van der Waals surface area contributed by atoms with Crippen molar-refractivity contribution in [2.45, 2.75) is 84.3 Å². The van der Waals surface area contributed by atoms with E-state index in [-0.39, 0.29) is 37.1 Å². The number of hydrogen-bond acceptors (Lipinski definition) is 9. The molecule has 1 fully saturated rings. The number of hydrogen-bond donors (Lipinski definition) is 3. The molecule has 266 valence electrons. The van der Waals surface area contributed by atoms with E-state index in [9.17, 15) is 24.0 Å². The Morgan fingerprint density at radius 1 is 0.920 bits per heavy atom. The molecule has 2 aromatic carbocycles. The monoisotopic (exact) mass is 686 g/mol. The van der Waals surface area contributed by atoms with E-state index < -0.39 is 53.9 Å². The van der Waals surface area contributed by atoms with Crippen molar-refractivity contribution in [1.82, 2.24) is 30.8 Å². The van der Waals surface area contributed by atoms with Crippen LogP contribution in [0.3, 0.4) is 0 Å². The summed E-state index contributed by atoms with van der Waals surface area (Å²) in [6.07, 6.45) is 4.84. The first-order chi connectivity index (χ1) is 24.0. The largest absolute Gasteiger partial charge is 0.457 e. The van der Waals surface area contributed by atoms with Crippen LogP contribution < -0.4 is 20.7 Å². The Kier molecular flexibility index (Phi) is 13.6. The Morgan fingerprint density at radius 3 is 2.28 bits per heavy atom. The van der Waals surface area contributed by atoms with Gasteiger partial charge in [0.1, 0.15) is 41.6 Å². The molecule has 5 atom stereocenters. The molecule has 50 heavy (non-hydrogen) atoms. The average molecular weight is 687 g/mol. The lowest BCUT2D eigenvalue weighted by Gasteiger charge is -2.32. The van der Waals surface area contributed by atoms with Crippen LogP contribution in [0.25, 0.3) is 0 Å². The second-order valence-corrected chi connectivity index (χ2v) is 12.9. The third kappa shape index (κ3) is 10.2. The molecule has 0 radical (unpaired) electrons. The van der Waals surface area contributed by atoms with E-state index in [1.165, 1.54) is 23.5 Å². The fraction of sp³-hybridized carbons (Fsp3) is 0.432. The van der Waals surface area contributed by atoms with Gasteiger partial charge in [0.2, 0.25) is 17.7 Å². The van der Waals surface area contributed by atoms with Crippen molar-refractivity contribution in [1.29, 1.82) is 0 Å². The summed E-state index contributed by atoms with van der Waals surface area (Å²) in [4.78, 5) is 75.0. The van der Waals surface area contributed by atoms with Crippen molar-refractivity contribution in [3.8, 4) is 11.5 Å². The molecule has 1 saturated heterocycles. The van der Waals surface area contributed by atoms with E-state index in [2.05, 4.69) is 25.9 Å². The summed E-state index contributed by atoms with van der Waals surface area (Å²) in [6, 6.07) is 13.2. The Balaban J connectivity index is 1.49. The SMILES string of the molecule is CC[C@@H](C=O)NC(=O)[C@@H]1C[C@@H](OCc2cccc(Oc3ccccc3)c2)CN1C(=O)[C@@H](NC(=O)[C@@H](NC(=O)c1cnccn1)C(C)C)C(C)C. The minimum atomic E-state index is -1.02. The van der Waals surface area contributed by atoms with Crippen molar-refractivity contribution in [3.63, 3.8) is 0 Å². The van der Waals surface area contributed by atoms with E-state index in [4.69, 9.17) is 9.47 Å². The van der Waals surface area contributed by atoms with Crippen molar-refractivity contribution in [2.75, 3.05) is 6.54 Å². The Bertz CT molecular complexity index is 1600. The fourth-order valence-electron chi connectivity index (χ4n) is 5.56. The molecular formula is C37H46N6O7. The second kappa shape index (κ2) is 18.0. The first kappa shape index (κ1) is 37.6. The summed E-state index contributed by atoms with van der Waals surface area (Å²) in [5, 5.41) is 8.26. The summed E-state index contributed by atoms with van der Waals surface area (Å²) in [6.45, 7) is 9.18. The summed E-state index contributed by atoms with van der Waals surface area (Å²) in [7, 11) is 0. The van der Waals surface area contributed by atoms with Gasteiger partial charge in [0, 0.05) is 25.4 Å². The minimum absolute atomic E-state index is 0.0514. The van der Waals surface area contributed by atoms with Crippen molar-refractivity contribution >= 4 is 29.9 Å². The molecule has 4 amide bonds. The van der Waals surface area contributed by atoms with E-state index in [0.717, 1.165) is 5.56 Å². The van der Waals surface area contributed by atoms with Gasteiger partial charge in [-0.1, -0.05) is 65.0 Å². The minimum Gasteiger partial charge on any atom is -0.457 e. The van der Waals surface area contributed by atoms with Crippen LogP contribution in [0.15, 0.2) is 73.2 Å². The summed E-state index contributed by atoms with van der Waals surface area (Å²) >= 11 is 0. The molecule has 1 aliphatic rings. The lowest BCUT2D eigenvalue weighted by Crippen LogP contribution is -2.59. The number of likely N-dealkylation sites (tertiary alicyclic amines) is 1. The maximum Gasteiger partial charge on any atom is 0.272 e. The van der Waals surface area contributed by atoms with Gasteiger partial charge in [0.05, 0.1) is 24.9 Å². The number of para-hydroxylation sites is 1. The lowest BCUT2D eigenvalue weighted by atomic mass is 9.98. The van der Waals surface area contributed by atoms with Gasteiger partial charge in [-0.25, -0.2) is 4.98 Å². The highest BCUT2D eigenvalue weighted by Gasteiger charge is 2.44. The molecule has 0 bridgehead atoms. The van der Waals surface area contributed by atoms with Crippen LogP contribution in [0.4, 0.5) is 0 Å². The number of carbonyl (C=O) groups is 5. The quantitative estimate of drug-likeness (QED) is 0.191. The van der Waals surface area contributed by atoms with Crippen LogP contribution in [0, 0.1) is 11.8 Å². The highest BCUT2D eigenvalue weighted by Crippen LogP contribution is 2.26. The van der Waals surface area contributed by atoms with E-state index >= 15 is 0 Å². The molecule has 3 aromatic rings. The van der Waals surface area contributed by atoms with Gasteiger partial charge < -0.3 is 35.1 Å². The number of carbonyl (C=O) groups excluding carboxylic acids is 5. The lowest BCUT2D eigenvalue weighted by molar-refractivity contribution is -0.143. The predicted molar refractivity (Wildman–Crippen MR) is 185 cm³/mol. The van der Waals surface area contributed by atoms with Crippen LogP contribution in [-0.4, -0.2) is 81.6 Å².